The van der Waals surface area contributed by atoms with Crippen molar-refractivity contribution in [3.05, 3.63) is 10.6 Å². The third kappa shape index (κ3) is 2.51. The fourth-order valence-corrected chi connectivity index (χ4v) is 1.85. The number of nitrogens with zero attached hydrogens (tertiary/aromatic N) is 3. The van der Waals surface area contributed by atoms with E-state index in [2.05, 4.69) is 9.59 Å². The van der Waals surface area contributed by atoms with Crippen LogP contribution < -0.4 is 5.73 Å². The first-order valence-corrected chi connectivity index (χ1v) is 5.67. The molecule has 0 aromatic carbocycles. The Morgan fingerprint density at radius 1 is 1.67 bits per heavy atom. The Bertz CT molecular complexity index is 339. The first-order chi connectivity index (χ1) is 7.11. The molecule has 0 bridgehead atoms. The lowest BCUT2D eigenvalue weighted by Gasteiger charge is -2.22. The number of likely N-dealkylation sites (N-methyl/N-ethyl adjacent to an activating group) is 1. The molecule has 0 spiro atoms. The average molecular weight is 228 g/mol. The van der Waals surface area contributed by atoms with Crippen LogP contribution >= 0.6 is 11.5 Å². The Kier molecular flexibility index (Phi) is 4.16. The van der Waals surface area contributed by atoms with Gasteiger partial charge in [-0.1, -0.05) is 11.4 Å². The summed E-state index contributed by atoms with van der Waals surface area (Å²) in [5.74, 6) is -0.0419. The van der Waals surface area contributed by atoms with Gasteiger partial charge >= 0.3 is 0 Å². The second kappa shape index (κ2) is 5.18. The summed E-state index contributed by atoms with van der Waals surface area (Å²) in [6, 6.07) is 0.0318. The number of aromatic nitrogens is 2. The Hall–Kier alpha value is -1.01. The highest BCUT2D eigenvalue weighted by atomic mass is 32.1. The lowest BCUT2D eigenvalue weighted by molar-refractivity contribution is 0.0752. The maximum Gasteiger partial charge on any atom is 0.267 e. The van der Waals surface area contributed by atoms with E-state index in [4.69, 9.17) is 5.73 Å². The number of rotatable bonds is 4. The fraction of sp³-hybridized carbons (Fsp3) is 0.667. The molecular weight excluding hydrogens is 212 g/mol. The van der Waals surface area contributed by atoms with Crippen molar-refractivity contribution in [1.29, 1.82) is 0 Å². The monoisotopic (exact) mass is 228 g/mol. The van der Waals surface area contributed by atoms with Crippen LogP contribution in [0, 0.1) is 0 Å². The Morgan fingerprint density at radius 3 is 2.87 bits per heavy atom. The van der Waals surface area contributed by atoms with Crippen LogP contribution in [-0.2, 0) is 6.42 Å². The van der Waals surface area contributed by atoms with Crippen molar-refractivity contribution in [1.82, 2.24) is 14.5 Å². The van der Waals surface area contributed by atoms with Gasteiger partial charge in [0, 0.05) is 19.6 Å². The van der Waals surface area contributed by atoms with E-state index in [1.165, 1.54) is 0 Å². The number of carbonyl (C=O) groups excluding carboxylic acids is 1. The van der Waals surface area contributed by atoms with E-state index in [1.54, 1.807) is 11.9 Å². The third-order valence-corrected chi connectivity index (χ3v) is 3.16. The summed E-state index contributed by atoms with van der Waals surface area (Å²) < 4.78 is 3.79. The van der Waals surface area contributed by atoms with E-state index in [1.807, 2.05) is 13.8 Å². The standard InChI is InChI=1S/C9H16N4OS/c1-4-7-8(15-12-11-7)9(14)13(3)6(2)5-10/h6H,4-5,10H2,1-3H3. The minimum absolute atomic E-state index is 0.0318. The first kappa shape index (κ1) is 12.1. The van der Waals surface area contributed by atoms with Gasteiger partial charge in [0.05, 0.1) is 5.69 Å². The lowest BCUT2D eigenvalue weighted by Crippen LogP contribution is -2.39. The van der Waals surface area contributed by atoms with Gasteiger partial charge in [-0.25, -0.2) is 0 Å². The molecule has 2 N–H and O–H groups in total. The molecule has 0 saturated heterocycles. The molecule has 0 radical (unpaired) electrons. The van der Waals surface area contributed by atoms with Crippen molar-refractivity contribution in [2.24, 2.45) is 5.73 Å². The number of aryl methyl sites for hydroxylation is 1. The first-order valence-electron chi connectivity index (χ1n) is 4.90. The predicted molar refractivity (Wildman–Crippen MR) is 59.9 cm³/mol. The molecule has 1 aromatic rings. The molecule has 84 valence electrons. The van der Waals surface area contributed by atoms with Crippen molar-refractivity contribution in [2.45, 2.75) is 26.3 Å². The smallest absolute Gasteiger partial charge is 0.267 e. The zero-order chi connectivity index (χ0) is 11.4. The largest absolute Gasteiger partial charge is 0.337 e. The van der Waals surface area contributed by atoms with Gasteiger partial charge in [0.2, 0.25) is 0 Å². The molecule has 0 aliphatic heterocycles. The maximum absolute atomic E-state index is 12.0. The second-order valence-electron chi connectivity index (χ2n) is 3.40. The van der Waals surface area contributed by atoms with Crippen molar-refractivity contribution < 1.29 is 4.79 Å². The van der Waals surface area contributed by atoms with Gasteiger partial charge in [-0.05, 0) is 24.9 Å². The van der Waals surface area contributed by atoms with Gasteiger partial charge in [0.15, 0.2) is 0 Å². The average Bonchev–Trinajstić information content (AvgIpc) is 2.73. The van der Waals surface area contributed by atoms with E-state index >= 15 is 0 Å². The summed E-state index contributed by atoms with van der Waals surface area (Å²) in [7, 11) is 1.75. The number of hydrogen-bond donors (Lipinski definition) is 1. The van der Waals surface area contributed by atoms with E-state index in [0.717, 1.165) is 23.6 Å². The van der Waals surface area contributed by atoms with Gasteiger partial charge in [0.25, 0.3) is 5.91 Å². The van der Waals surface area contributed by atoms with E-state index in [-0.39, 0.29) is 11.9 Å². The van der Waals surface area contributed by atoms with Crippen LogP contribution in [0.2, 0.25) is 0 Å². The summed E-state index contributed by atoms with van der Waals surface area (Å²) in [6.45, 7) is 4.33. The van der Waals surface area contributed by atoms with E-state index in [0.29, 0.717) is 11.4 Å². The molecule has 0 aliphatic rings. The van der Waals surface area contributed by atoms with E-state index < -0.39 is 0 Å². The van der Waals surface area contributed by atoms with Crippen LogP contribution in [0.1, 0.15) is 29.2 Å². The van der Waals surface area contributed by atoms with Crippen molar-refractivity contribution >= 4 is 17.4 Å². The van der Waals surface area contributed by atoms with Crippen LogP contribution in [0.15, 0.2) is 0 Å². The van der Waals surface area contributed by atoms with Crippen LogP contribution in [0.5, 0.6) is 0 Å². The third-order valence-electron chi connectivity index (χ3n) is 2.41. The molecule has 0 aliphatic carbocycles. The molecule has 6 heteroatoms. The highest BCUT2D eigenvalue weighted by molar-refractivity contribution is 7.07. The Morgan fingerprint density at radius 2 is 2.33 bits per heavy atom. The van der Waals surface area contributed by atoms with Gasteiger partial charge in [0.1, 0.15) is 4.88 Å². The molecule has 1 rings (SSSR count). The molecular formula is C9H16N4OS. The molecule has 0 saturated carbocycles. The molecule has 1 aromatic heterocycles. The summed E-state index contributed by atoms with van der Waals surface area (Å²) in [5.41, 5.74) is 6.28. The molecule has 1 atom stereocenters. The zero-order valence-electron chi connectivity index (χ0n) is 9.23. The van der Waals surface area contributed by atoms with Crippen molar-refractivity contribution in [2.75, 3.05) is 13.6 Å². The Balaban J connectivity index is 2.84. The van der Waals surface area contributed by atoms with E-state index in [9.17, 15) is 4.79 Å². The van der Waals surface area contributed by atoms with Crippen LogP contribution in [0.25, 0.3) is 0 Å². The van der Waals surface area contributed by atoms with Crippen LogP contribution in [-0.4, -0.2) is 40.0 Å². The molecule has 1 amide bonds. The number of carbonyl (C=O) groups is 1. The number of nitrogens with two attached hydrogens (primary N) is 1. The lowest BCUT2D eigenvalue weighted by atomic mass is 10.2. The quantitative estimate of drug-likeness (QED) is 0.815. The van der Waals surface area contributed by atoms with Gasteiger partial charge in [-0.2, -0.15) is 0 Å². The maximum atomic E-state index is 12.0. The summed E-state index contributed by atoms with van der Waals surface area (Å²) >= 11 is 1.15. The number of amides is 1. The van der Waals surface area contributed by atoms with Gasteiger partial charge in [-0.3, -0.25) is 4.79 Å². The SMILES string of the molecule is CCc1nnsc1C(=O)N(C)C(C)CN. The molecule has 1 unspecified atom stereocenters. The van der Waals surface area contributed by atoms with Gasteiger partial charge in [-0.15, -0.1) is 5.10 Å². The number of hydrogen-bond acceptors (Lipinski definition) is 5. The molecule has 0 fully saturated rings. The van der Waals surface area contributed by atoms with Gasteiger partial charge < -0.3 is 10.6 Å². The highest BCUT2D eigenvalue weighted by Crippen LogP contribution is 2.14. The molecule has 15 heavy (non-hydrogen) atoms. The topological polar surface area (TPSA) is 72.1 Å². The van der Waals surface area contributed by atoms with Crippen LogP contribution in [0.4, 0.5) is 0 Å². The molecule has 5 nitrogen and oxygen atoms in total. The van der Waals surface area contributed by atoms with Crippen molar-refractivity contribution in [3.63, 3.8) is 0 Å². The van der Waals surface area contributed by atoms with Crippen LogP contribution in [0.3, 0.4) is 0 Å². The summed E-state index contributed by atoms with van der Waals surface area (Å²) in [4.78, 5) is 14.2. The highest BCUT2D eigenvalue weighted by Gasteiger charge is 2.21. The van der Waals surface area contributed by atoms with Crippen molar-refractivity contribution in [3.8, 4) is 0 Å². The summed E-state index contributed by atoms with van der Waals surface area (Å²) in [5, 5.41) is 3.91. The zero-order valence-corrected chi connectivity index (χ0v) is 10.0. The predicted octanol–water partition coefficient (Wildman–Crippen LogP) is 0.520. The minimum Gasteiger partial charge on any atom is -0.337 e. The summed E-state index contributed by atoms with van der Waals surface area (Å²) in [6.07, 6.45) is 0.725. The second-order valence-corrected chi connectivity index (χ2v) is 4.16. The fourth-order valence-electron chi connectivity index (χ4n) is 1.12. The Labute approximate surface area is 93.4 Å². The molecule has 1 heterocycles. The normalized spacial score (nSPS) is 12.5. The minimum atomic E-state index is -0.0419.